The van der Waals surface area contributed by atoms with E-state index >= 15 is 0 Å². The van der Waals surface area contributed by atoms with Crippen LogP contribution in [0.4, 0.5) is 0 Å². The Balaban J connectivity index is 4.41. The fraction of sp³-hybridized carbons (Fsp3) is 0.675. The molecule has 1 unspecified atom stereocenters. The van der Waals surface area contributed by atoms with E-state index < -0.39 is 6.10 Å². The van der Waals surface area contributed by atoms with E-state index in [4.69, 9.17) is 14.2 Å². The molecule has 0 amide bonds. The average molecular weight is 1150 g/mol. The number of allylic oxidation sites excluding steroid dienone is 22. The summed E-state index contributed by atoms with van der Waals surface area (Å²) in [5.74, 6) is -0.897. The highest BCUT2D eigenvalue weighted by atomic mass is 16.6. The number of carbonyl (C=O) groups is 3. The second-order valence-electron chi connectivity index (χ2n) is 22.7. The molecule has 0 saturated carbocycles. The molecule has 83 heavy (non-hydrogen) atoms. The van der Waals surface area contributed by atoms with Crippen LogP contribution in [0.25, 0.3) is 0 Å². The zero-order chi connectivity index (χ0) is 59.9. The van der Waals surface area contributed by atoms with E-state index in [9.17, 15) is 14.4 Å². The molecule has 472 valence electrons. The molecule has 0 aromatic rings. The van der Waals surface area contributed by atoms with Crippen molar-refractivity contribution >= 4 is 17.9 Å². The third kappa shape index (κ3) is 68.2. The molecule has 0 saturated heterocycles. The van der Waals surface area contributed by atoms with E-state index in [0.717, 1.165) is 135 Å². The summed E-state index contributed by atoms with van der Waals surface area (Å²) in [6.07, 6.45) is 98.8. The van der Waals surface area contributed by atoms with E-state index in [-0.39, 0.29) is 31.1 Å². The van der Waals surface area contributed by atoms with Gasteiger partial charge in [-0.25, -0.2) is 0 Å². The van der Waals surface area contributed by atoms with Crippen LogP contribution >= 0.6 is 0 Å². The Morgan fingerprint density at radius 3 is 0.735 bits per heavy atom. The number of esters is 3. The van der Waals surface area contributed by atoms with Gasteiger partial charge in [0.2, 0.25) is 0 Å². The van der Waals surface area contributed by atoms with E-state index in [2.05, 4.69) is 154 Å². The van der Waals surface area contributed by atoms with Crippen LogP contribution in [0.15, 0.2) is 134 Å². The molecular weight excluding hydrogens is 1020 g/mol. The lowest BCUT2D eigenvalue weighted by molar-refractivity contribution is -0.167. The van der Waals surface area contributed by atoms with Crippen LogP contribution in [-0.2, 0) is 28.6 Å². The van der Waals surface area contributed by atoms with Crippen LogP contribution in [0.5, 0.6) is 0 Å². The Bertz CT molecular complexity index is 1750. The van der Waals surface area contributed by atoms with Gasteiger partial charge in [0, 0.05) is 19.3 Å². The van der Waals surface area contributed by atoms with Gasteiger partial charge >= 0.3 is 17.9 Å². The maximum absolute atomic E-state index is 13.0. The third-order valence-corrected chi connectivity index (χ3v) is 14.6. The van der Waals surface area contributed by atoms with Crippen molar-refractivity contribution < 1.29 is 28.6 Å². The van der Waals surface area contributed by atoms with Gasteiger partial charge in [-0.1, -0.05) is 296 Å². The molecule has 0 radical (unpaired) electrons. The van der Waals surface area contributed by atoms with E-state index in [1.165, 1.54) is 141 Å². The third-order valence-electron chi connectivity index (χ3n) is 14.6. The van der Waals surface area contributed by atoms with Crippen LogP contribution in [0.2, 0.25) is 0 Å². The second kappa shape index (κ2) is 70.0. The van der Waals surface area contributed by atoms with E-state index in [1.54, 1.807) is 0 Å². The molecule has 1 atom stereocenters. The predicted octanol–water partition coefficient (Wildman–Crippen LogP) is 24.1. The van der Waals surface area contributed by atoms with Crippen molar-refractivity contribution in [2.24, 2.45) is 0 Å². The summed E-state index contributed by atoms with van der Waals surface area (Å²) in [7, 11) is 0. The molecule has 6 heteroatoms. The summed E-state index contributed by atoms with van der Waals surface area (Å²) in [4.78, 5) is 38.5. The Labute approximate surface area is 513 Å². The van der Waals surface area contributed by atoms with Gasteiger partial charge in [0.05, 0.1) is 0 Å². The highest BCUT2D eigenvalue weighted by molar-refractivity contribution is 5.71. The topological polar surface area (TPSA) is 78.9 Å². The molecule has 0 rings (SSSR count). The zero-order valence-corrected chi connectivity index (χ0v) is 54.2. The zero-order valence-electron chi connectivity index (χ0n) is 54.2. The smallest absolute Gasteiger partial charge is 0.306 e. The fourth-order valence-corrected chi connectivity index (χ4v) is 9.49. The first-order valence-corrected chi connectivity index (χ1v) is 34.7. The van der Waals surface area contributed by atoms with Gasteiger partial charge in [-0.2, -0.15) is 0 Å². The molecular formula is C77H128O6. The molecule has 0 aromatic carbocycles. The summed E-state index contributed by atoms with van der Waals surface area (Å²) in [5.41, 5.74) is 0. The first kappa shape index (κ1) is 78.5. The number of rotatable bonds is 62. The van der Waals surface area contributed by atoms with Crippen LogP contribution < -0.4 is 0 Å². The lowest BCUT2D eigenvalue weighted by Crippen LogP contribution is -2.30. The minimum absolute atomic E-state index is 0.0879. The molecule has 0 fully saturated rings. The molecule has 0 aliphatic carbocycles. The fourth-order valence-electron chi connectivity index (χ4n) is 9.49. The maximum Gasteiger partial charge on any atom is 0.306 e. The molecule has 0 aliphatic rings. The second-order valence-corrected chi connectivity index (χ2v) is 22.7. The standard InChI is InChI=1S/C77H128O6/c1-4-7-10-13-16-19-22-25-28-31-33-35-37-38-40-41-43-46-49-52-55-58-61-64-67-70-76(79)82-73-74(72-81-75(78)69-66-63-60-57-54-51-48-45-30-27-24-21-18-15-12-9-6-3)83-77(80)71-68-65-62-59-56-53-50-47-44-42-39-36-34-32-29-26-23-20-17-14-11-8-5-2/h7-8,10-11,16-21,25-30,33-36,38,40,74H,4-6,9,12-15,22-24,31-32,37,39,41-73H2,1-3H3/b10-7-,11-8-,19-16-,20-17-,21-18-,28-25-,29-26-,30-27-,35-33-,36-34-,40-38-. The SMILES string of the molecule is CC/C=C\C/C=C\C/C=C\C/C=C\C/C=C\CCCCCCCCCCCC(=O)OCC(COC(=O)CCCCCCCCC/C=C\C/C=C\CCCCC)OC(=O)CCCCCCCCCCCC/C=C\C/C=C\C/C=C\C/C=C\CC. The molecule has 0 spiro atoms. The number of hydrogen-bond acceptors (Lipinski definition) is 6. The first-order valence-electron chi connectivity index (χ1n) is 34.7. The highest BCUT2D eigenvalue weighted by Gasteiger charge is 2.19. The molecule has 0 N–H and O–H groups in total. The Morgan fingerprint density at radius 1 is 0.253 bits per heavy atom. The van der Waals surface area contributed by atoms with Crippen LogP contribution in [-0.4, -0.2) is 37.2 Å². The minimum Gasteiger partial charge on any atom is -0.462 e. The lowest BCUT2D eigenvalue weighted by Gasteiger charge is -2.18. The molecule has 0 bridgehead atoms. The number of carbonyl (C=O) groups excluding carboxylic acids is 3. The van der Waals surface area contributed by atoms with Gasteiger partial charge < -0.3 is 14.2 Å². The Morgan fingerprint density at radius 2 is 0.470 bits per heavy atom. The molecule has 0 aromatic heterocycles. The van der Waals surface area contributed by atoms with Crippen molar-refractivity contribution in [2.45, 2.75) is 322 Å². The quantitative estimate of drug-likeness (QED) is 0.0261. The number of hydrogen-bond donors (Lipinski definition) is 0. The van der Waals surface area contributed by atoms with E-state index in [0.29, 0.717) is 19.3 Å². The highest BCUT2D eigenvalue weighted by Crippen LogP contribution is 2.16. The molecule has 6 nitrogen and oxygen atoms in total. The lowest BCUT2D eigenvalue weighted by atomic mass is 10.0. The molecule has 0 heterocycles. The number of unbranched alkanes of at least 4 members (excludes halogenated alkanes) is 29. The first-order chi connectivity index (χ1) is 41.0. The van der Waals surface area contributed by atoms with Gasteiger partial charge in [0.1, 0.15) is 13.2 Å². The van der Waals surface area contributed by atoms with Crippen molar-refractivity contribution in [3.05, 3.63) is 134 Å². The van der Waals surface area contributed by atoms with Crippen molar-refractivity contribution in [2.75, 3.05) is 13.2 Å². The van der Waals surface area contributed by atoms with Gasteiger partial charge in [0.25, 0.3) is 0 Å². The minimum atomic E-state index is -0.793. The maximum atomic E-state index is 13.0. The van der Waals surface area contributed by atoms with Crippen LogP contribution in [0.1, 0.15) is 316 Å². The van der Waals surface area contributed by atoms with Crippen LogP contribution in [0, 0.1) is 0 Å². The molecule has 0 aliphatic heterocycles. The van der Waals surface area contributed by atoms with Gasteiger partial charge in [0.15, 0.2) is 6.10 Å². The van der Waals surface area contributed by atoms with E-state index in [1.807, 2.05) is 0 Å². The normalized spacial score (nSPS) is 13.0. The van der Waals surface area contributed by atoms with Crippen LogP contribution in [0.3, 0.4) is 0 Å². The predicted molar refractivity (Wildman–Crippen MR) is 362 cm³/mol. The number of ether oxygens (including phenoxy) is 3. The summed E-state index contributed by atoms with van der Waals surface area (Å²) < 4.78 is 17.0. The Hall–Kier alpha value is -4.45. The van der Waals surface area contributed by atoms with Gasteiger partial charge in [-0.3, -0.25) is 14.4 Å². The summed E-state index contributed by atoms with van der Waals surface area (Å²) in [5, 5.41) is 0. The summed E-state index contributed by atoms with van der Waals surface area (Å²) in [6, 6.07) is 0. The van der Waals surface area contributed by atoms with Gasteiger partial charge in [-0.15, -0.1) is 0 Å². The summed E-state index contributed by atoms with van der Waals surface area (Å²) >= 11 is 0. The summed E-state index contributed by atoms with van der Waals surface area (Å²) in [6.45, 7) is 6.40. The van der Waals surface area contributed by atoms with Crippen molar-refractivity contribution in [3.8, 4) is 0 Å². The van der Waals surface area contributed by atoms with Crippen molar-refractivity contribution in [3.63, 3.8) is 0 Å². The van der Waals surface area contributed by atoms with Crippen molar-refractivity contribution in [1.82, 2.24) is 0 Å². The van der Waals surface area contributed by atoms with Gasteiger partial charge in [-0.05, 0) is 135 Å². The monoisotopic (exact) mass is 1150 g/mol. The average Bonchev–Trinajstić information content (AvgIpc) is 3.49. The Kier molecular flexibility index (Phi) is 66.3. The van der Waals surface area contributed by atoms with Crippen molar-refractivity contribution in [1.29, 1.82) is 0 Å². The largest absolute Gasteiger partial charge is 0.462 e.